The molecule has 0 unspecified atom stereocenters. The van der Waals surface area contributed by atoms with Crippen LogP contribution in [0.25, 0.3) is 16.9 Å². The Kier molecular flexibility index (Phi) is 3.53. The van der Waals surface area contributed by atoms with Crippen LogP contribution in [0.2, 0.25) is 19.0 Å². The number of hydrogen-bond acceptors (Lipinski definition) is 4. The second-order valence-electron chi connectivity index (χ2n) is 3.71. The van der Waals surface area contributed by atoms with E-state index in [0.717, 1.165) is 0 Å². The van der Waals surface area contributed by atoms with Gasteiger partial charge in [0.25, 0.3) is 0 Å². The van der Waals surface area contributed by atoms with Crippen LogP contribution in [0.4, 0.5) is 0 Å². The predicted molar refractivity (Wildman–Crippen MR) is 81.1 cm³/mol. The molecule has 3 aromatic rings. The van der Waals surface area contributed by atoms with E-state index >= 15 is 0 Å². The van der Waals surface area contributed by atoms with Gasteiger partial charge in [-0.05, 0) is 6.07 Å². The minimum Gasteiger partial charge on any atom is -0.215 e. The highest BCUT2D eigenvalue weighted by molar-refractivity contribution is 7.20. The van der Waals surface area contributed by atoms with Crippen LogP contribution in [0.5, 0.6) is 0 Å². The summed E-state index contributed by atoms with van der Waals surface area (Å²) in [6, 6.07) is 5.13. The van der Waals surface area contributed by atoms with Crippen LogP contribution in [-0.2, 0) is 0 Å². The molecule has 0 spiro atoms. The van der Waals surface area contributed by atoms with Crippen molar-refractivity contribution in [3.63, 3.8) is 0 Å². The Morgan fingerprint density at radius 3 is 2.55 bits per heavy atom. The molecule has 100 valence electrons. The van der Waals surface area contributed by atoms with E-state index in [2.05, 4.69) is 10.1 Å². The van der Waals surface area contributed by atoms with Gasteiger partial charge in [0.2, 0.25) is 0 Å². The molecule has 0 aliphatic heterocycles. The van der Waals surface area contributed by atoms with Gasteiger partial charge in [-0.2, -0.15) is 10.4 Å². The molecule has 0 N–H and O–H groups in total. The van der Waals surface area contributed by atoms with Gasteiger partial charge in [0.15, 0.2) is 5.65 Å². The molecule has 0 radical (unpaired) electrons. The van der Waals surface area contributed by atoms with Gasteiger partial charge in [0.1, 0.15) is 32.0 Å². The van der Waals surface area contributed by atoms with Crippen molar-refractivity contribution in [1.29, 1.82) is 5.26 Å². The first-order chi connectivity index (χ1) is 9.51. The highest BCUT2D eigenvalue weighted by Gasteiger charge is 2.21. The first kappa shape index (κ1) is 13.9. The molecule has 9 heteroatoms. The molecule has 0 atom stereocenters. The van der Waals surface area contributed by atoms with Gasteiger partial charge in [0, 0.05) is 11.6 Å². The van der Waals surface area contributed by atoms with E-state index in [1.807, 2.05) is 6.07 Å². The summed E-state index contributed by atoms with van der Waals surface area (Å²) in [4.78, 5) is 4.08. The molecule has 3 heterocycles. The van der Waals surface area contributed by atoms with Gasteiger partial charge < -0.3 is 0 Å². The number of fused-ring (bicyclic) bond motifs is 1. The van der Waals surface area contributed by atoms with E-state index in [1.165, 1.54) is 21.9 Å². The lowest BCUT2D eigenvalue weighted by Gasteiger charge is -1.96. The molecular formula is C11H2Cl4N4S. The summed E-state index contributed by atoms with van der Waals surface area (Å²) in [5, 5.41) is 14.0. The van der Waals surface area contributed by atoms with Crippen molar-refractivity contribution >= 4 is 63.4 Å². The zero-order chi connectivity index (χ0) is 14.4. The Bertz CT molecular complexity index is 877. The third-order valence-corrected chi connectivity index (χ3v) is 4.49. The molecule has 3 rings (SSSR count). The first-order valence-electron chi connectivity index (χ1n) is 5.11. The second-order valence-corrected chi connectivity index (χ2v) is 6.77. The third-order valence-electron chi connectivity index (χ3n) is 2.54. The van der Waals surface area contributed by atoms with Gasteiger partial charge in [-0.25, -0.2) is 9.50 Å². The molecule has 0 fully saturated rings. The monoisotopic (exact) mass is 362 g/mol. The van der Waals surface area contributed by atoms with Crippen LogP contribution in [0.3, 0.4) is 0 Å². The number of aromatic nitrogens is 3. The molecule has 0 saturated heterocycles. The fraction of sp³-hybridized carbons (Fsp3) is 0. The van der Waals surface area contributed by atoms with Crippen molar-refractivity contribution in [2.24, 2.45) is 0 Å². The molecule has 0 aromatic carbocycles. The Balaban J connectivity index is 2.40. The van der Waals surface area contributed by atoms with Crippen LogP contribution < -0.4 is 0 Å². The Morgan fingerprint density at radius 2 is 1.95 bits per heavy atom. The minimum atomic E-state index is 0.180. The van der Waals surface area contributed by atoms with Crippen molar-refractivity contribution in [3.8, 4) is 17.3 Å². The van der Waals surface area contributed by atoms with Gasteiger partial charge >= 0.3 is 0 Å². The van der Waals surface area contributed by atoms with Crippen molar-refractivity contribution in [3.05, 3.63) is 36.7 Å². The topological polar surface area (TPSA) is 54.0 Å². The molecule has 0 bridgehead atoms. The van der Waals surface area contributed by atoms with Crippen molar-refractivity contribution in [2.45, 2.75) is 0 Å². The number of nitrogens with zero attached hydrogens (tertiary/aromatic N) is 4. The van der Waals surface area contributed by atoms with E-state index in [9.17, 15) is 5.26 Å². The predicted octanol–water partition coefficient (Wildman–Crippen LogP) is 4.94. The summed E-state index contributed by atoms with van der Waals surface area (Å²) >= 11 is 25.1. The molecule has 0 saturated carbocycles. The number of rotatable bonds is 1. The van der Waals surface area contributed by atoms with Crippen LogP contribution in [-0.4, -0.2) is 14.6 Å². The lowest BCUT2D eigenvalue weighted by molar-refractivity contribution is 0.944. The van der Waals surface area contributed by atoms with Crippen LogP contribution in [0.1, 0.15) is 5.56 Å². The standard InChI is InChI=1S/C11H2Cl4N4S/c12-6-2-7(13)19-11(17-6)5(3-16)9(18-19)4-1-8(14)20-10(4)15/h1-2H. The number of hydrogen-bond donors (Lipinski definition) is 0. The van der Waals surface area contributed by atoms with Gasteiger partial charge in [-0.3, -0.25) is 0 Å². The number of halogens is 4. The summed E-state index contributed by atoms with van der Waals surface area (Å²) in [5.74, 6) is 0. The van der Waals surface area contributed by atoms with E-state index in [0.29, 0.717) is 19.9 Å². The van der Waals surface area contributed by atoms with Crippen LogP contribution in [0.15, 0.2) is 12.1 Å². The Hall–Kier alpha value is -1.03. The molecular weight excluding hydrogens is 362 g/mol. The van der Waals surface area contributed by atoms with E-state index in [-0.39, 0.29) is 21.5 Å². The quantitative estimate of drug-likeness (QED) is 0.575. The SMILES string of the molecule is N#Cc1c(-c2cc(Cl)sc2Cl)nn2c(Cl)cc(Cl)nc12. The smallest absolute Gasteiger partial charge is 0.176 e. The lowest BCUT2D eigenvalue weighted by atomic mass is 10.1. The van der Waals surface area contributed by atoms with Crippen LogP contribution >= 0.6 is 57.7 Å². The first-order valence-corrected chi connectivity index (χ1v) is 7.44. The summed E-state index contributed by atoms with van der Waals surface area (Å²) in [7, 11) is 0. The zero-order valence-corrected chi connectivity index (χ0v) is 13.2. The molecule has 3 aromatic heterocycles. The molecule has 0 aliphatic carbocycles. The highest BCUT2D eigenvalue weighted by atomic mass is 35.5. The van der Waals surface area contributed by atoms with Gasteiger partial charge in [-0.1, -0.05) is 46.4 Å². The van der Waals surface area contributed by atoms with E-state index in [4.69, 9.17) is 46.4 Å². The Morgan fingerprint density at radius 1 is 1.20 bits per heavy atom. The molecule has 0 amide bonds. The summed E-state index contributed by atoms with van der Waals surface area (Å²) in [6.45, 7) is 0. The Labute approximate surface area is 137 Å². The molecule has 0 aliphatic rings. The fourth-order valence-electron chi connectivity index (χ4n) is 1.75. The highest BCUT2D eigenvalue weighted by Crippen LogP contribution is 2.39. The molecule has 20 heavy (non-hydrogen) atoms. The normalized spacial score (nSPS) is 10.9. The van der Waals surface area contributed by atoms with Crippen molar-refractivity contribution < 1.29 is 0 Å². The largest absolute Gasteiger partial charge is 0.215 e. The van der Waals surface area contributed by atoms with Crippen LogP contribution in [0, 0.1) is 11.3 Å². The summed E-state index contributed by atoms with van der Waals surface area (Å²) < 4.78 is 2.28. The maximum Gasteiger partial charge on any atom is 0.176 e. The number of thiophene rings is 1. The minimum absolute atomic E-state index is 0.180. The summed E-state index contributed by atoms with van der Waals surface area (Å²) in [5.41, 5.74) is 1.46. The average Bonchev–Trinajstić information content (AvgIpc) is 2.89. The molecule has 4 nitrogen and oxygen atoms in total. The van der Waals surface area contributed by atoms with Crippen molar-refractivity contribution in [1.82, 2.24) is 14.6 Å². The zero-order valence-electron chi connectivity index (χ0n) is 9.36. The third kappa shape index (κ3) is 2.14. The van der Waals surface area contributed by atoms with Gasteiger partial charge in [0.05, 0.1) is 4.34 Å². The maximum absolute atomic E-state index is 9.34. The summed E-state index contributed by atoms with van der Waals surface area (Å²) in [6.07, 6.45) is 0. The second kappa shape index (κ2) is 5.06. The maximum atomic E-state index is 9.34. The number of nitriles is 1. The van der Waals surface area contributed by atoms with Gasteiger partial charge in [-0.15, -0.1) is 11.3 Å². The van der Waals surface area contributed by atoms with Crippen molar-refractivity contribution in [2.75, 3.05) is 0 Å². The lowest BCUT2D eigenvalue weighted by Crippen LogP contribution is -1.92. The van der Waals surface area contributed by atoms with E-state index < -0.39 is 0 Å². The average molecular weight is 364 g/mol. The fourth-order valence-corrected chi connectivity index (χ4v) is 3.67. The van der Waals surface area contributed by atoms with E-state index in [1.54, 1.807) is 6.07 Å².